The van der Waals surface area contributed by atoms with Gasteiger partial charge in [-0.2, -0.15) is 0 Å². The van der Waals surface area contributed by atoms with Gasteiger partial charge in [-0.1, -0.05) is 24.3 Å². The van der Waals surface area contributed by atoms with E-state index >= 15 is 0 Å². The van der Waals surface area contributed by atoms with Gasteiger partial charge in [-0.25, -0.2) is 0 Å². The molecule has 7 heteroatoms. The second-order valence-electron chi connectivity index (χ2n) is 6.21. The number of nitrogens with one attached hydrogen (secondary N) is 2. The maximum atomic E-state index is 12.4. The first-order valence-electron chi connectivity index (χ1n) is 9.43. The quantitative estimate of drug-likeness (QED) is 0.576. The van der Waals surface area contributed by atoms with Gasteiger partial charge in [-0.3, -0.25) is 4.79 Å². The Morgan fingerprint density at radius 2 is 1.79 bits per heavy atom. The summed E-state index contributed by atoms with van der Waals surface area (Å²) in [7, 11) is 1.65. The van der Waals surface area contributed by atoms with Crippen LogP contribution in [0.4, 0.5) is 11.5 Å². The molecule has 29 heavy (non-hydrogen) atoms. The van der Waals surface area contributed by atoms with E-state index in [0.717, 1.165) is 12.2 Å². The summed E-state index contributed by atoms with van der Waals surface area (Å²) in [6.45, 7) is 3.11. The number of nitrogens with zero attached hydrogens (tertiary/aromatic N) is 2. The molecule has 0 spiro atoms. The van der Waals surface area contributed by atoms with Crippen LogP contribution in [-0.2, 0) is 6.42 Å². The van der Waals surface area contributed by atoms with Gasteiger partial charge in [0.1, 0.15) is 17.3 Å². The van der Waals surface area contributed by atoms with Crippen molar-refractivity contribution in [3.05, 3.63) is 71.9 Å². The number of methoxy groups -OCH3 is 1. The molecule has 150 valence electrons. The summed E-state index contributed by atoms with van der Waals surface area (Å²) >= 11 is 0. The monoisotopic (exact) mass is 392 g/mol. The number of hydrogen-bond donors (Lipinski definition) is 2. The number of rotatable bonds is 9. The molecule has 0 aliphatic heterocycles. The van der Waals surface area contributed by atoms with Crippen LogP contribution in [0.25, 0.3) is 0 Å². The highest BCUT2D eigenvalue weighted by Crippen LogP contribution is 2.24. The van der Waals surface area contributed by atoms with Gasteiger partial charge in [0.2, 0.25) is 0 Å². The third-order valence-electron chi connectivity index (χ3n) is 4.21. The van der Waals surface area contributed by atoms with Crippen LogP contribution in [0.15, 0.2) is 60.7 Å². The molecule has 1 heterocycles. The molecule has 3 rings (SSSR count). The van der Waals surface area contributed by atoms with Gasteiger partial charge in [0.15, 0.2) is 5.69 Å². The van der Waals surface area contributed by atoms with Crippen LogP contribution in [0.1, 0.15) is 23.0 Å². The van der Waals surface area contributed by atoms with Crippen molar-refractivity contribution >= 4 is 17.4 Å². The van der Waals surface area contributed by atoms with Gasteiger partial charge in [-0.05, 0) is 55.3 Å². The first-order valence-corrected chi connectivity index (χ1v) is 9.43. The number of amides is 1. The zero-order valence-corrected chi connectivity index (χ0v) is 16.5. The third kappa shape index (κ3) is 5.68. The Labute approximate surface area is 170 Å². The van der Waals surface area contributed by atoms with Crippen molar-refractivity contribution in [1.82, 2.24) is 10.2 Å². The average molecular weight is 392 g/mol. The normalized spacial score (nSPS) is 10.3. The molecule has 7 nitrogen and oxygen atoms in total. The molecule has 1 aromatic heterocycles. The van der Waals surface area contributed by atoms with Crippen LogP contribution < -0.4 is 20.1 Å². The largest absolute Gasteiger partial charge is 0.497 e. The van der Waals surface area contributed by atoms with Crippen molar-refractivity contribution in [3.8, 4) is 11.5 Å². The maximum absolute atomic E-state index is 12.4. The highest BCUT2D eigenvalue weighted by atomic mass is 16.5. The molecule has 0 aliphatic rings. The van der Waals surface area contributed by atoms with E-state index in [4.69, 9.17) is 9.47 Å². The Balaban J connectivity index is 1.53. The van der Waals surface area contributed by atoms with Crippen molar-refractivity contribution in [2.45, 2.75) is 13.3 Å². The molecule has 0 fully saturated rings. The summed E-state index contributed by atoms with van der Waals surface area (Å²) in [5, 5.41) is 14.1. The smallest absolute Gasteiger partial charge is 0.276 e. The molecule has 2 aromatic carbocycles. The van der Waals surface area contributed by atoms with Crippen LogP contribution in [0.2, 0.25) is 0 Å². The summed E-state index contributed by atoms with van der Waals surface area (Å²) in [4.78, 5) is 12.4. The van der Waals surface area contributed by atoms with E-state index in [2.05, 4.69) is 20.8 Å². The lowest BCUT2D eigenvalue weighted by atomic mass is 10.1. The van der Waals surface area contributed by atoms with Gasteiger partial charge < -0.3 is 20.1 Å². The van der Waals surface area contributed by atoms with Crippen LogP contribution in [-0.4, -0.2) is 36.4 Å². The summed E-state index contributed by atoms with van der Waals surface area (Å²) < 4.78 is 10.7. The molecule has 0 radical (unpaired) electrons. The molecule has 0 aliphatic carbocycles. The first-order chi connectivity index (χ1) is 14.2. The molecule has 2 N–H and O–H groups in total. The van der Waals surface area contributed by atoms with E-state index in [-0.39, 0.29) is 11.6 Å². The second-order valence-corrected chi connectivity index (χ2v) is 6.21. The Morgan fingerprint density at radius 3 is 2.48 bits per heavy atom. The fourth-order valence-corrected chi connectivity index (χ4v) is 2.71. The Morgan fingerprint density at radius 1 is 1.00 bits per heavy atom. The van der Waals surface area contributed by atoms with Crippen LogP contribution >= 0.6 is 0 Å². The van der Waals surface area contributed by atoms with Gasteiger partial charge in [0.05, 0.1) is 19.4 Å². The molecule has 0 unspecified atom stereocenters. The number of carbonyl (C=O) groups excluding carboxylic acids is 1. The Kier molecular flexibility index (Phi) is 7.00. The number of ether oxygens (including phenoxy) is 2. The number of anilines is 2. The minimum Gasteiger partial charge on any atom is -0.497 e. The molecule has 0 saturated heterocycles. The molecule has 1 amide bonds. The zero-order valence-electron chi connectivity index (χ0n) is 16.5. The standard InChI is InChI=1S/C22H24N4O3/c1-3-29-20-7-5-4-6-18(20)24-22(27)19-12-13-21(26-25-19)23-15-14-16-8-10-17(28-2)11-9-16/h4-13H,3,14-15H2,1-2H3,(H,23,26)(H,24,27). The molecule has 0 bridgehead atoms. The van der Waals surface area contributed by atoms with Gasteiger partial charge in [0, 0.05) is 6.54 Å². The van der Waals surface area contributed by atoms with E-state index in [1.165, 1.54) is 5.56 Å². The lowest BCUT2D eigenvalue weighted by Gasteiger charge is -2.11. The van der Waals surface area contributed by atoms with Gasteiger partial charge >= 0.3 is 0 Å². The number of hydrogen-bond acceptors (Lipinski definition) is 6. The molecule has 3 aromatic rings. The highest BCUT2D eigenvalue weighted by molar-refractivity contribution is 6.03. The van der Waals surface area contributed by atoms with Crippen molar-refractivity contribution < 1.29 is 14.3 Å². The van der Waals surface area contributed by atoms with Crippen LogP contribution in [0, 0.1) is 0 Å². The minimum atomic E-state index is -0.338. The summed E-state index contributed by atoms with van der Waals surface area (Å²) in [6, 6.07) is 18.6. The zero-order chi connectivity index (χ0) is 20.5. The van der Waals surface area contributed by atoms with Crippen molar-refractivity contribution in [1.29, 1.82) is 0 Å². The lowest BCUT2D eigenvalue weighted by Crippen LogP contribution is -2.16. The number of para-hydroxylation sites is 2. The van der Waals surface area contributed by atoms with E-state index in [1.807, 2.05) is 43.3 Å². The lowest BCUT2D eigenvalue weighted by molar-refractivity contribution is 0.102. The maximum Gasteiger partial charge on any atom is 0.276 e. The summed E-state index contributed by atoms with van der Waals surface area (Å²) in [5.41, 5.74) is 2.02. The van der Waals surface area contributed by atoms with E-state index in [9.17, 15) is 4.79 Å². The number of aromatic nitrogens is 2. The van der Waals surface area contributed by atoms with E-state index < -0.39 is 0 Å². The molecule has 0 atom stereocenters. The number of carbonyl (C=O) groups is 1. The average Bonchev–Trinajstić information content (AvgIpc) is 2.76. The van der Waals surface area contributed by atoms with E-state index in [1.54, 1.807) is 31.4 Å². The fourth-order valence-electron chi connectivity index (χ4n) is 2.71. The third-order valence-corrected chi connectivity index (χ3v) is 4.21. The highest BCUT2D eigenvalue weighted by Gasteiger charge is 2.11. The molecular weight excluding hydrogens is 368 g/mol. The first kappa shape index (κ1) is 20.1. The predicted octanol–water partition coefficient (Wildman–Crippen LogP) is 3.79. The summed E-state index contributed by atoms with van der Waals surface area (Å²) in [6.07, 6.45) is 0.835. The fraction of sp³-hybridized carbons (Fsp3) is 0.227. The SMILES string of the molecule is CCOc1ccccc1NC(=O)c1ccc(NCCc2ccc(OC)cc2)nn1. The summed E-state index contributed by atoms with van der Waals surface area (Å²) in [5.74, 6) is 1.73. The van der Waals surface area contributed by atoms with Gasteiger partial charge in [-0.15, -0.1) is 10.2 Å². The second kappa shape index (κ2) is 10.1. The van der Waals surface area contributed by atoms with Crippen molar-refractivity contribution in [2.75, 3.05) is 30.9 Å². The van der Waals surface area contributed by atoms with Crippen molar-refractivity contribution in [3.63, 3.8) is 0 Å². The van der Waals surface area contributed by atoms with Crippen molar-refractivity contribution in [2.24, 2.45) is 0 Å². The Bertz CT molecular complexity index is 928. The predicted molar refractivity (Wildman–Crippen MR) is 113 cm³/mol. The Hall–Kier alpha value is -3.61. The van der Waals surface area contributed by atoms with Gasteiger partial charge in [0.25, 0.3) is 5.91 Å². The van der Waals surface area contributed by atoms with Crippen LogP contribution in [0.3, 0.4) is 0 Å². The topological polar surface area (TPSA) is 85.4 Å². The molecule has 0 saturated carbocycles. The minimum absolute atomic E-state index is 0.233. The van der Waals surface area contributed by atoms with Crippen LogP contribution in [0.5, 0.6) is 11.5 Å². The number of benzene rings is 2. The molecular formula is C22H24N4O3. The van der Waals surface area contributed by atoms with E-state index in [0.29, 0.717) is 30.4 Å².